The fourth-order valence-electron chi connectivity index (χ4n) is 3.12. The van der Waals surface area contributed by atoms with Crippen LogP contribution in [0.2, 0.25) is 0 Å². The fraction of sp³-hybridized carbons (Fsp3) is 0.222. The lowest BCUT2D eigenvalue weighted by molar-refractivity contribution is -0.384. The first-order valence-corrected chi connectivity index (χ1v) is 9.73. The number of hydrogen-bond acceptors (Lipinski definition) is 8. The van der Waals surface area contributed by atoms with E-state index in [4.69, 9.17) is 5.84 Å². The molecular formula is C18H19N7O2S. The summed E-state index contributed by atoms with van der Waals surface area (Å²) in [5.74, 6) is 7.47. The first kappa shape index (κ1) is 18.4. The van der Waals surface area contributed by atoms with Crippen LogP contribution in [-0.4, -0.2) is 19.8 Å². The number of hydrogen-bond donors (Lipinski definition) is 3. The van der Waals surface area contributed by atoms with Crippen molar-refractivity contribution in [3.05, 3.63) is 81.7 Å². The topological polar surface area (TPSA) is 124 Å². The van der Waals surface area contributed by atoms with Crippen molar-refractivity contribution in [2.75, 3.05) is 5.84 Å². The Morgan fingerprint density at radius 3 is 2.54 bits per heavy atom. The standard InChI is InChI=1S/C18H19N7O2S/c19-24-17(16-10-15(20-21-16)13-4-2-1-3-5-13)22-23-18(24)28-11-12-6-8-14(9-7-12)25(26)27/h1-9,15-16,20-21H,10-11,19H2. The van der Waals surface area contributed by atoms with Crippen LogP contribution in [0.5, 0.6) is 0 Å². The second-order valence-corrected chi connectivity index (χ2v) is 7.41. The predicted molar refractivity (Wildman–Crippen MR) is 106 cm³/mol. The molecule has 0 saturated carbocycles. The first-order valence-electron chi connectivity index (χ1n) is 8.74. The molecular weight excluding hydrogens is 378 g/mol. The van der Waals surface area contributed by atoms with Crippen molar-refractivity contribution in [2.45, 2.75) is 29.4 Å². The highest BCUT2D eigenvalue weighted by Gasteiger charge is 2.30. The summed E-state index contributed by atoms with van der Waals surface area (Å²) >= 11 is 1.44. The van der Waals surface area contributed by atoms with E-state index in [0.29, 0.717) is 16.7 Å². The average molecular weight is 397 g/mol. The maximum absolute atomic E-state index is 10.7. The number of aromatic nitrogens is 3. The van der Waals surface area contributed by atoms with Crippen LogP contribution < -0.4 is 16.7 Å². The Morgan fingerprint density at radius 2 is 1.82 bits per heavy atom. The third-order valence-electron chi connectivity index (χ3n) is 4.62. The van der Waals surface area contributed by atoms with Crippen LogP contribution in [0.15, 0.2) is 59.8 Å². The number of nitro benzene ring substituents is 1. The van der Waals surface area contributed by atoms with Gasteiger partial charge in [0.25, 0.3) is 5.69 Å². The van der Waals surface area contributed by atoms with Crippen LogP contribution in [0.4, 0.5) is 5.69 Å². The van der Waals surface area contributed by atoms with Gasteiger partial charge in [0.1, 0.15) is 0 Å². The lowest BCUT2D eigenvalue weighted by Crippen LogP contribution is -2.29. The minimum Gasteiger partial charge on any atom is -0.335 e. The molecule has 4 N–H and O–H groups in total. The van der Waals surface area contributed by atoms with Crippen LogP contribution in [0.25, 0.3) is 0 Å². The number of nitro groups is 1. The van der Waals surface area contributed by atoms with Gasteiger partial charge in [0.15, 0.2) is 5.82 Å². The van der Waals surface area contributed by atoms with Crippen molar-refractivity contribution in [2.24, 2.45) is 0 Å². The minimum absolute atomic E-state index is 0.0450. The molecule has 2 unspecified atom stereocenters. The minimum atomic E-state index is -0.412. The monoisotopic (exact) mass is 397 g/mol. The summed E-state index contributed by atoms with van der Waals surface area (Å²) in [6.45, 7) is 0. The molecule has 144 valence electrons. The largest absolute Gasteiger partial charge is 0.335 e. The Balaban J connectivity index is 1.40. The van der Waals surface area contributed by atoms with Gasteiger partial charge in [-0.1, -0.05) is 54.2 Å². The Kier molecular flexibility index (Phi) is 5.24. The average Bonchev–Trinajstić information content (AvgIpc) is 3.34. The van der Waals surface area contributed by atoms with Gasteiger partial charge in [-0.25, -0.2) is 15.5 Å². The molecule has 2 aromatic carbocycles. The molecule has 0 spiro atoms. The van der Waals surface area contributed by atoms with Gasteiger partial charge in [0.05, 0.1) is 11.0 Å². The van der Waals surface area contributed by atoms with Crippen molar-refractivity contribution in [1.82, 2.24) is 25.7 Å². The van der Waals surface area contributed by atoms with Crippen molar-refractivity contribution < 1.29 is 4.92 Å². The van der Waals surface area contributed by atoms with Gasteiger partial charge in [-0.15, -0.1) is 10.2 Å². The zero-order valence-corrected chi connectivity index (χ0v) is 15.7. The summed E-state index contributed by atoms with van der Waals surface area (Å²) in [6.07, 6.45) is 0.812. The molecule has 1 aromatic heterocycles. The number of non-ortho nitro benzene ring substituents is 1. The highest BCUT2D eigenvalue weighted by Crippen LogP contribution is 2.31. The van der Waals surface area contributed by atoms with Crippen molar-refractivity contribution in [3.8, 4) is 0 Å². The van der Waals surface area contributed by atoms with Crippen LogP contribution in [0.3, 0.4) is 0 Å². The number of benzene rings is 2. The molecule has 1 aliphatic heterocycles. The van der Waals surface area contributed by atoms with Gasteiger partial charge in [-0.05, 0) is 17.5 Å². The Hall–Kier alpha value is -2.95. The number of nitrogens with two attached hydrogens (primary N) is 1. The highest BCUT2D eigenvalue weighted by molar-refractivity contribution is 7.98. The van der Waals surface area contributed by atoms with Crippen molar-refractivity contribution in [3.63, 3.8) is 0 Å². The van der Waals surface area contributed by atoms with Crippen LogP contribution >= 0.6 is 11.8 Å². The Bertz CT molecular complexity index is 962. The molecule has 10 heteroatoms. The van der Waals surface area contributed by atoms with E-state index in [1.54, 1.807) is 12.1 Å². The van der Waals surface area contributed by atoms with E-state index in [0.717, 1.165) is 12.0 Å². The maximum atomic E-state index is 10.7. The van der Waals surface area contributed by atoms with E-state index < -0.39 is 4.92 Å². The summed E-state index contributed by atoms with van der Waals surface area (Å²) in [7, 11) is 0. The van der Waals surface area contributed by atoms with Gasteiger partial charge in [-0.3, -0.25) is 10.1 Å². The van der Waals surface area contributed by atoms with E-state index in [1.165, 1.54) is 34.1 Å². The summed E-state index contributed by atoms with van der Waals surface area (Å²) in [5, 5.41) is 19.8. The number of hydrazine groups is 1. The third kappa shape index (κ3) is 3.84. The molecule has 0 radical (unpaired) electrons. The number of thioether (sulfide) groups is 1. The quantitative estimate of drug-likeness (QED) is 0.251. The first-order chi connectivity index (χ1) is 13.6. The lowest BCUT2D eigenvalue weighted by Gasteiger charge is -2.09. The summed E-state index contributed by atoms with van der Waals surface area (Å²) in [6, 6.07) is 16.8. The molecule has 1 fully saturated rings. The highest BCUT2D eigenvalue weighted by atomic mass is 32.2. The summed E-state index contributed by atoms with van der Waals surface area (Å²) in [5.41, 5.74) is 8.75. The van der Waals surface area contributed by atoms with Gasteiger partial charge < -0.3 is 5.84 Å². The van der Waals surface area contributed by atoms with Gasteiger partial charge in [0.2, 0.25) is 5.16 Å². The predicted octanol–water partition coefficient (Wildman–Crippen LogP) is 2.47. The second kappa shape index (κ2) is 7.97. The van der Waals surface area contributed by atoms with E-state index in [2.05, 4.69) is 33.2 Å². The molecule has 2 heterocycles. The van der Waals surface area contributed by atoms with Gasteiger partial charge in [-0.2, -0.15) is 0 Å². The molecule has 2 atom stereocenters. The Labute approximate surface area is 165 Å². The zero-order chi connectivity index (χ0) is 19.5. The molecule has 3 aromatic rings. The number of nitrogens with one attached hydrogen (secondary N) is 2. The summed E-state index contributed by atoms with van der Waals surface area (Å²) < 4.78 is 1.50. The maximum Gasteiger partial charge on any atom is 0.269 e. The number of nitrogens with zero attached hydrogens (tertiary/aromatic N) is 4. The van der Waals surface area contributed by atoms with Crippen LogP contribution in [0, 0.1) is 10.1 Å². The van der Waals surface area contributed by atoms with Crippen LogP contribution in [0.1, 0.15) is 35.5 Å². The normalized spacial score (nSPS) is 19.0. The molecule has 4 rings (SSSR count). The molecule has 0 amide bonds. The smallest absolute Gasteiger partial charge is 0.269 e. The van der Waals surface area contributed by atoms with E-state index in [1.807, 2.05) is 18.2 Å². The van der Waals surface area contributed by atoms with E-state index in [9.17, 15) is 10.1 Å². The van der Waals surface area contributed by atoms with E-state index >= 15 is 0 Å². The summed E-state index contributed by atoms with van der Waals surface area (Å²) in [4.78, 5) is 10.3. The molecule has 0 bridgehead atoms. The van der Waals surface area contributed by atoms with Crippen LogP contribution in [-0.2, 0) is 5.75 Å². The molecule has 9 nitrogen and oxygen atoms in total. The third-order valence-corrected chi connectivity index (χ3v) is 5.64. The fourth-order valence-corrected chi connectivity index (χ4v) is 3.93. The van der Waals surface area contributed by atoms with Gasteiger partial charge in [0, 0.05) is 23.9 Å². The number of nitrogen functional groups attached to an aromatic ring is 1. The van der Waals surface area contributed by atoms with Crippen molar-refractivity contribution >= 4 is 17.4 Å². The molecule has 28 heavy (non-hydrogen) atoms. The Morgan fingerprint density at radius 1 is 1.11 bits per heavy atom. The lowest BCUT2D eigenvalue weighted by atomic mass is 10.0. The van der Waals surface area contributed by atoms with Gasteiger partial charge >= 0.3 is 0 Å². The number of rotatable bonds is 6. The zero-order valence-electron chi connectivity index (χ0n) is 14.9. The molecule has 0 aliphatic carbocycles. The second-order valence-electron chi connectivity index (χ2n) is 6.46. The van der Waals surface area contributed by atoms with E-state index in [-0.39, 0.29) is 17.8 Å². The van der Waals surface area contributed by atoms with Crippen molar-refractivity contribution in [1.29, 1.82) is 0 Å². The molecule has 1 aliphatic rings. The molecule has 1 saturated heterocycles. The SMILES string of the molecule is Nn1c(SCc2ccc([N+](=O)[O-])cc2)nnc1C1CC(c2ccccc2)NN1.